The molecule has 1 heterocycles. The van der Waals surface area contributed by atoms with E-state index in [0.29, 0.717) is 0 Å². The average molecular weight is 210 g/mol. The number of nitrogens with zero attached hydrogens (tertiary/aromatic N) is 2. The summed E-state index contributed by atoms with van der Waals surface area (Å²) in [7, 11) is 0. The van der Waals surface area contributed by atoms with E-state index in [1.807, 2.05) is 20.8 Å². The molecule has 3 heteroatoms. The zero-order chi connectivity index (χ0) is 6.85. The van der Waals surface area contributed by atoms with Gasteiger partial charge in [-0.05, 0) is 0 Å². The maximum absolute atomic E-state index is 4.13. The molecule has 0 aromatic carbocycles. The van der Waals surface area contributed by atoms with Crippen molar-refractivity contribution < 1.29 is 32.7 Å². The molecule has 1 radical (unpaired) electrons. The first-order valence-electron chi connectivity index (χ1n) is 2.89. The van der Waals surface area contributed by atoms with Gasteiger partial charge >= 0.3 is 0 Å². The standard InChI is InChI=1S/C7H9N2.Y/c1-5-4-8-7(3)9-6(5)2;/h1-3H3;/q-1;. The Hall–Kier alpha value is 0.184. The van der Waals surface area contributed by atoms with E-state index in [-0.39, 0.29) is 32.7 Å². The van der Waals surface area contributed by atoms with Gasteiger partial charge in [0.05, 0.1) is 0 Å². The van der Waals surface area contributed by atoms with Crippen molar-refractivity contribution in [3.8, 4) is 0 Å². The smallest absolute Gasteiger partial charge is 0.0106 e. The van der Waals surface area contributed by atoms with E-state index in [9.17, 15) is 0 Å². The van der Waals surface area contributed by atoms with E-state index >= 15 is 0 Å². The summed E-state index contributed by atoms with van der Waals surface area (Å²) in [6, 6.07) is 0. The predicted octanol–water partition coefficient (Wildman–Crippen LogP) is 1.20. The Labute approximate surface area is 86.3 Å². The third-order valence-corrected chi connectivity index (χ3v) is 1.26. The molecule has 0 aliphatic heterocycles. The summed E-state index contributed by atoms with van der Waals surface area (Å²) in [6.45, 7) is 5.78. The zero-order valence-corrected chi connectivity index (χ0v) is 9.31. The molecule has 0 bridgehead atoms. The fourth-order valence-electron chi connectivity index (χ4n) is 0.597. The van der Waals surface area contributed by atoms with Crippen molar-refractivity contribution in [3.63, 3.8) is 0 Å². The van der Waals surface area contributed by atoms with Crippen LogP contribution >= 0.6 is 0 Å². The molecule has 0 saturated heterocycles. The van der Waals surface area contributed by atoms with Crippen LogP contribution in [0.5, 0.6) is 0 Å². The van der Waals surface area contributed by atoms with Gasteiger partial charge in [-0.25, -0.2) is 0 Å². The molecular formula is C7H9N2Y-. The Morgan fingerprint density at radius 3 is 2.20 bits per heavy atom. The third-order valence-electron chi connectivity index (χ3n) is 1.26. The van der Waals surface area contributed by atoms with Gasteiger partial charge in [0, 0.05) is 38.5 Å². The van der Waals surface area contributed by atoms with Crippen molar-refractivity contribution in [3.05, 3.63) is 23.3 Å². The second-order valence-electron chi connectivity index (χ2n) is 2.09. The molecule has 0 aliphatic carbocycles. The number of aromatic nitrogens is 2. The Kier molecular flexibility index (Phi) is 4.22. The van der Waals surface area contributed by atoms with Crippen LogP contribution in [0, 0.1) is 27.0 Å². The van der Waals surface area contributed by atoms with Crippen LogP contribution in [0.4, 0.5) is 0 Å². The van der Waals surface area contributed by atoms with Crippen molar-refractivity contribution in [2.75, 3.05) is 0 Å². The van der Waals surface area contributed by atoms with Gasteiger partial charge in [-0.3, -0.25) is 0 Å². The van der Waals surface area contributed by atoms with E-state index in [2.05, 4.69) is 16.2 Å². The van der Waals surface area contributed by atoms with E-state index in [1.54, 1.807) is 0 Å². The maximum atomic E-state index is 4.13. The summed E-state index contributed by atoms with van der Waals surface area (Å²) >= 11 is 0. The van der Waals surface area contributed by atoms with Crippen LogP contribution in [0.1, 0.15) is 17.1 Å². The summed E-state index contributed by atoms with van der Waals surface area (Å²) in [5, 5.41) is 0. The first-order chi connectivity index (χ1) is 4.20. The molecule has 10 heavy (non-hydrogen) atoms. The fourth-order valence-corrected chi connectivity index (χ4v) is 0.597. The monoisotopic (exact) mass is 210 g/mol. The molecule has 2 nitrogen and oxygen atoms in total. The van der Waals surface area contributed by atoms with E-state index in [1.165, 1.54) is 0 Å². The van der Waals surface area contributed by atoms with Crippen LogP contribution in [0.2, 0.25) is 0 Å². The molecular weight excluding hydrogens is 201 g/mol. The van der Waals surface area contributed by atoms with E-state index in [0.717, 1.165) is 17.1 Å². The minimum absolute atomic E-state index is 0. The van der Waals surface area contributed by atoms with Gasteiger partial charge in [-0.15, -0.1) is 5.56 Å². The number of hydrogen-bond donors (Lipinski definition) is 0. The third kappa shape index (κ3) is 2.43. The Morgan fingerprint density at radius 2 is 1.80 bits per heavy atom. The SMILES string of the molecule is Cc1n[c-]c(C)c(C)n1.[Y]. The average Bonchev–Trinajstić information content (AvgIpc) is 1.80. The summed E-state index contributed by atoms with van der Waals surface area (Å²) in [5.74, 6) is 0.790. The molecule has 0 fully saturated rings. The molecule has 0 aliphatic rings. The van der Waals surface area contributed by atoms with E-state index < -0.39 is 0 Å². The van der Waals surface area contributed by atoms with Crippen LogP contribution in [-0.4, -0.2) is 9.97 Å². The summed E-state index contributed by atoms with van der Waals surface area (Å²) < 4.78 is 0. The van der Waals surface area contributed by atoms with Crippen molar-refractivity contribution in [2.24, 2.45) is 0 Å². The van der Waals surface area contributed by atoms with Gasteiger partial charge < -0.3 is 9.97 Å². The summed E-state index contributed by atoms with van der Waals surface area (Å²) in [4.78, 5) is 8.03. The molecule has 0 atom stereocenters. The van der Waals surface area contributed by atoms with Crippen molar-refractivity contribution >= 4 is 0 Å². The minimum Gasteiger partial charge on any atom is -0.373 e. The van der Waals surface area contributed by atoms with Gasteiger partial charge in [-0.2, -0.15) is 0 Å². The second kappa shape index (κ2) is 4.14. The van der Waals surface area contributed by atoms with Crippen molar-refractivity contribution in [2.45, 2.75) is 20.8 Å². The van der Waals surface area contributed by atoms with Crippen LogP contribution in [0.15, 0.2) is 0 Å². The van der Waals surface area contributed by atoms with Gasteiger partial charge in [0.25, 0.3) is 0 Å². The van der Waals surface area contributed by atoms with Crippen LogP contribution < -0.4 is 0 Å². The molecule has 1 aromatic rings. The van der Waals surface area contributed by atoms with E-state index in [4.69, 9.17) is 0 Å². The van der Waals surface area contributed by atoms with Gasteiger partial charge in [0.1, 0.15) is 0 Å². The maximum Gasteiger partial charge on any atom is 0.0106 e. The molecule has 0 unspecified atom stereocenters. The Bertz CT molecular complexity index is 223. The van der Waals surface area contributed by atoms with Gasteiger partial charge in [0.2, 0.25) is 0 Å². The minimum atomic E-state index is 0. The van der Waals surface area contributed by atoms with Crippen molar-refractivity contribution in [1.29, 1.82) is 0 Å². The molecule has 0 N–H and O–H groups in total. The summed E-state index contributed by atoms with van der Waals surface area (Å²) in [5.41, 5.74) is 2.04. The van der Waals surface area contributed by atoms with Gasteiger partial charge in [0.15, 0.2) is 0 Å². The summed E-state index contributed by atoms with van der Waals surface area (Å²) in [6.07, 6.45) is 2.86. The zero-order valence-electron chi connectivity index (χ0n) is 6.47. The second-order valence-corrected chi connectivity index (χ2v) is 2.09. The van der Waals surface area contributed by atoms with Crippen molar-refractivity contribution in [1.82, 2.24) is 9.97 Å². The van der Waals surface area contributed by atoms with Crippen LogP contribution in [0.3, 0.4) is 0 Å². The van der Waals surface area contributed by atoms with Crippen LogP contribution in [-0.2, 0) is 32.7 Å². The molecule has 0 amide bonds. The molecule has 1 rings (SSSR count). The number of aryl methyl sites for hydroxylation is 3. The first kappa shape index (κ1) is 10.2. The largest absolute Gasteiger partial charge is 0.373 e. The molecule has 1 aromatic heterocycles. The predicted molar refractivity (Wildman–Crippen MR) is 35.1 cm³/mol. The normalized spacial score (nSPS) is 8.70. The number of hydrogen-bond acceptors (Lipinski definition) is 2. The fraction of sp³-hybridized carbons (Fsp3) is 0.429. The first-order valence-corrected chi connectivity index (χ1v) is 2.89. The molecule has 0 spiro atoms. The quantitative estimate of drug-likeness (QED) is 0.601. The van der Waals surface area contributed by atoms with Crippen LogP contribution in [0.25, 0.3) is 0 Å². The topological polar surface area (TPSA) is 25.8 Å². The van der Waals surface area contributed by atoms with Gasteiger partial charge in [-0.1, -0.05) is 32.7 Å². The number of rotatable bonds is 0. The Morgan fingerprint density at radius 1 is 1.20 bits per heavy atom. The molecule has 0 saturated carbocycles. The molecule has 51 valence electrons. The Balaban J connectivity index is 0.000000810.